The number of hydrogen-bond donors (Lipinski definition) is 4. The van der Waals surface area contributed by atoms with Crippen LogP contribution in [-0.2, 0) is 0 Å². The van der Waals surface area contributed by atoms with E-state index < -0.39 is 6.03 Å². The summed E-state index contributed by atoms with van der Waals surface area (Å²) in [5.41, 5.74) is 8.54. The molecule has 6 heteroatoms. The zero-order chi connectivity index (χ0) is 13.5. The number of para-hydroxylation sites is 2. The lowest BCUT2D eigenvalue weighted by Crippen LogP contribution is -2.47. The van der Waals surface area contributed by atoms with Gasteiger partial charge in [-0.15, -0.1) is 0 Å². The van der Waals surface area contributed by atoms with Crippen molar-refractivity contribution in [2.24, 2.45) is 0 Å². The van der Waals surface area contributed by atoms with E-state index in [0.717, 1.165) is 5.69 Å². The predicted octanol–water partition coefficient (Wildman–Crippen LogP) is 2.12. The minimum atomic E-state index is -0.588. The summed E-state index contributed by atoms with van der Waals surface area (Å²) in [4.78, 5) is 11.5. The molecule has 0 aliphatic heterocycles. The summed E-state index contributed by atoms with van der Waals surface area (Å²) in [6.45, 7) is 0. The minimum absolute atomic E-state index is 0.456. The van der Waals surface area contributed by atoms with E-state index in [1.54, 1.807) is 36.4 Å². The number of benzene rings is 2. The van der Waals surface area contributed by atoms with Gasteiger partial charge >= 0.3 is 6.03 Å². The third-order valence-electron chi connectivity index (χ3n) is 2.30. The van der Waals surface area contributed by atoms with Crippen molar-refractivity contribution in [3.05, 3.63) is 60.7 Å². The second-order valence-corrected chi connectivity index (χ2v) is 3.70. The molecular formula is C13H14N4O2. The van der Waals surface area contributed by atoms with E-state index in [-0.39, 0.29) is 0 Å². The predicted molar refractivity (Wildman–Crippen MR) is 72.4 cm³/mol. The fraction of sp³-hybridized carbons (Fsp3) is 0. The first-order chi connectivity index (χ1) is 9.25. The van der Waals surface area contributed by atoms with E-state index in [2.05, 4.69) is 16.3 Å². The molecule has 19 heavy (non-hydrogen) atoms. The van der Waals surface area contributed by atoms with E-state index in [0.29, 0.717) is 10.9 Å². The number of nitrogens with one attached hydrogen (secondary N) is 3. The smallest absolute Gasteiger partial charge is 0.297 e. The average molecular weight is 258 g/mol. The number of hydrogen-bond acceptors (Lipinski definition) is 4. The largest absolute Gasteiger partial charge is 0.354 e. The SMILES string of the molecule is O=C(NNc1ccccc1)NN(O)c1ccccc1. The van der Waals surface area contributed by atoms with Gasteiger partial charge in [-0.2, -0.15) is 5.17 Å². The van der Waals surface area contributed by atoms with E-state index in [9.17, 15) is 10.0 Å². The number of rotatable bonds is 4. The molecule has 0 aliphatic carbocycles. The summed E-state index contributed by atoms with van der Waals surface area (Å²) >= 11 is 0. The minimum Gasteiger partial charge on any atom is -0.297 e. The summed E-state index contributed by atoms with van der Waals surface area (Å²) in [5, 5.41) is 10.3. The fourth-order valence-corrected chi connectivity index (χ4v) is 1.41. The number of carbonyl (C=O) groups excluding carboxylic acids is 1. The quantitative estimate of drug-likeness (QED) is 0.634. The molecule has 2 aromatic rings. The van der Waals surface area contributed by atoms with E-state index >= 15 is 0 Å². The molecule has 0 aliphatic rings. The third-order valence-corrected chi connectivity index (χ3v) is 2.30. The molecule has 2 aromatic carbocycles. The van der Waals surface area contributed by atoms with Crippen LogP contribution in [0.1, 0.15) is 0 Å². The number of amides is 2. The van der Waals surface area contributed by atoms with Gasteiger partial charge in [0.1, 0.15) is 0 Å². The molecular weight excluding hydrogens is 244 g/mol. The first-order valence-corrected chi connectivity index (χ1v) is 5.67. The normalized spacial score (nSPS) is 9.53. The molecule has 0 bridgehead atoms. The van der Waals surface area contributed by atoms with Gasteiger partial charge < -0.3 is 0 Å². The Balaban J connectivity index is 1.82. The van der Waals surface area contributed by atoms with Gasteiger partial charge in [0.15, 0.2) is 0 Å². The van der Waals surface area contributed by atoms with Crippen molar-refractivity contribution in [3.8, 4) is 0 Å². The maximum atomic E-state index is 11.5. The Hall–Kier alpha value is -2.73. The highest BCUT2D eigenvalue weighted by Crippen LogP contribution is 2.08. The van der Waals surface area contributed by atoms with Crippen molar-refractivity contribution in [2.45, 2.75) is 0 Å². The van der Waals surface area contributed by atoms with Crippen LogP contribution >= 0.6 is 0 Å². The molecule has 0 aromatic heterocycles. The summed E-state index contributed by atoms with van der Waals surface area (Å²) in [5.74, 6) is 0. The molecule has 0 saturated carbocycles. The van der Waals surface area contributed by atoms with Crippen molar-refractivity contribution in [1.29, 1.82) is 0 Å². The van der Waals surface area contributed by atoms with Crippen molar-refractivity contribution >= 4 is 17.4 Å². The van der Waals surface area contributed by atoms with Crippen LogP contribution in [0.2, 0.25) is 0 Å². The Morgan fingerprint density at radius 1 is 0.947 bits per heavy atom. The Morgan fingerprint density at radius 2 is 1.53 bits per heavy atom. The van der Waals surface area contributed by atoms with Gasteiger partial charge in [0.25, 0.3) is 0 Å². The lowest BCUT2D eigenvalue weighted by Gasteiger charge is -2.18. The van der Waals surface area contributed by atoms with Gasteiger partial charge in [0, 0.05) is 0 Å². The standard InChI is InChI=1S/C13H14N4O2/c18-13(15-14-11-7-3-1-4-8-11)16-17(19)12-9-5-2-6-10-12/h1-10,14,19H,(H2,15,16,18). The second kappa shape index (κ2) is 6.27. The number of anilines is 2. The average Bonchev–Trinajstić information content (AvgIpc) is 2.47. The van der Waals surface area contributed by atoms with Gasteiger partial charge in [-0.1, -0.05) is 36.4 Å². The zero-order valence-electron chi connectivity index (χ0n) is 10.1. The zero-order valence-corrected chi connectivity index (χ0v) is 10.1. The van der Waals surface area contributed by atoms with Gasteiger partial charge in [-0.05, 0) is 24.3 Å². The highest BCUT2D eigenvalue weighted by Gasteiger charge is 2.06. The molecule has 0 atom stereocenters. The monoisotopic (exact) mass is 258 g/mol. The van der Waals surface area contributed by atoms with E-state index in [1.165, 1.54) is 0 Å². The molecule has 2 rings (SSSR count). The number of hydrazine groups is 2. The van der Waals surface area contributed by atoms with Crippen molar-refractivity contribution in [3.63, 3.8) is 0 Å². The molecule has 0 heterocycles. The third kappa shape index (κ3) is 3.90. The van der Waals surface area contributed by atoms with Crippen LogP contribution in [0, 0.1) is 0 Å². The molecule has 0 radical (unpaired) electrons. The maximum absolute atomic E-state index is 11.5. The molecule has 2 amide bonds. The number of urea groups is 1. The molecule has 6 nitrogen and oxygen atoms in total. The van der Waals surface area contributed by atoms with E-state index in [4.69, 9.17) is 0 Å². The van der Waals surface area contributed by atoms with Gasteiger partial charge in [0.05, 0.1) is 11.4 Å². The van der Waals surface area contributed by atoms with Crippen molar-refractivity contribution < 1.29 is 10.0 Å². The second-order valence-electron chi connectivity index (χ2n) is 3.70. The first-order valence-electron chi connectivity index (χ1n) is 5.67. The van der Waals surface area contributed by atoms with Gasteiger partial charge in [0.2, 0.25) is 0 Å². The van der Waals surface area contributed by atoms with Crippen LogP contribution in [0.4, 0.5) is 16.2 Å². The molecule has 0 saturated heterocycles. The van der Waals surface area contributed by atoms with Crippen LogP contribution in [-0.4, -0.2) is 11.2 Å². The Kier molecular flexibility index (Phi) is 4.20. The van der Waals surface area contributed by atoms with Crippen LogP contribution in [0.3, 0.4) is 0 Å². The van der Waals surface area contributed by atoms with Crippen LogP contribution in [0.15, 0.2) is 60.7 Å². The fourth-order valence-electron chi connectivity index (χ4n) is 1.41. The van der Waals surface area contributed by atoms with Gasteiger partial charge in [-0.3, -0.25) is 16.1 Å². The summed E-state index contributed by atoms with van der Waals surface area (Å²) < 4.78 is 0. The molecule has 0 spiro atoms. The molecule has 0 fully saturated rings. The van der Waals surface area contributed by atoms with Crippen LogP contribution < -0.4 is 21.4 Å². The summed E-state index contributed by atoms with van der Waals surface area (Å²) in [7, 11) is 0. The first kappa shape index (κ1) is 12.7. The van der Waals surface area contributed by atoms with Crippen LogP contribution in [0.25, 0.3) is 0 Å². The van der Waals surface area contributed by atoms with E-state index in [1.807, 2.05) is 24.3 Å². The highest BCUT2D eigenvalue weighted by atomic mass is 16.5. The van der Waals surface area contributed by atoms with Crippen molar-refractivity contribution in [1.82, 2.24) is 10.9 Å². The summed E-state index contributed by atoms with van der Waals surface area (Å²) in [6, 6.07) is 17.2. The van der Waals surface area contributed by atoms with Crippen LogP contribution in [0.5, 0.6) is 0 Å². The Morgan fingerprint density at radius 3 is 2.16 bits per heavy atom. The Bertz CT molecular complexity index is 519. The van der Waals surface area contributed by atoms with Crippen molar-refractivity contribution in [2.75, 3.05) is 10.6 Å². The maximum Gasteiger partial charge on any atom is 0.354 e. The van der Waals surface area contributed by atoms with Gasteiger partial charge in [-0.25, -0.2) is 10.2 Å². The number of carbonyl (C=O) groups is 1. The molecule has 98 valence electrons. The lowest BCUT2D eigenvalue weighted by atomic mass is 10.3. The topological polar surface area (TPSA) is 76.6 Å². The summed E-state index contributed by atoms with van der Waals surface area (Å²) in [6.07, 6.45) is 0. The highest BCUT2D eigenvalue weighted by molar-refractivity contribution is 5.76. The lowest BCUT2D eigenvalue weighted by molar-refractivity contribution is 0.197. The number of nitrogens with zero attached hydrogens (tertiary/aromatic N) is 1. The molecule has 0 unspecified atom stereocenters. The molecule has 4 N–H and O–H groups in total. The Labute approximate surface area is 110 Å².